The first-order chi connectivity index (χ1) is 13.8. The van der Waals surface area contributed by atoms with E-state index < -0.39 is 12.5 Å². The summed E-state index contributed by atoms with van der Waals surface area (Å²) in [4.78, 5) is 17.4. The second-order valence-corrected chi connectivity index (χ2v) is 6.61. The van der Waals surface area contributed by atoms with Gasteiger partial charge in [0.25, 0.3) is 0 Å². The SMILES string of the molecule is Clc1cnc2nc1Nc1cccc(c1)CCc1cccc(c1)N2.O=CC(F)(F)F. The number of fused-ring (bicyclic) bond motifs is 6. The molecule has 150 valence electrons. The third-order valence-corrected chi connectivity index (χ3v) is 4.23. The molecule has 9 heteroatoms. The maximum atomic E-state index is 10.4. The fourth-order valence-electron chi connectivity index (χ4n) is 2.68. The zero-order valence-corrected chi connectivity index (χ0v) is 15.8. The lowest BCUT2D eigenvalue weighted by molar-refractivity contribution is -0.156. The van der Waals surface area contributed by atoms with Crippen molar-refractivity contribution in [1.29, 1.82) is 0 Å². The molecule has 29 heavy (non-hydrogen) atoms. The van der Waals surface area contributed by atoms with Gasteiger partial charge in [-0.25, -0.2) is 4.98 Å². The number of nitrogens with one attached hydrogen (secondary N) is 2. The van der Waals surface area contributed by atoms with Gasteiger partial charge in [-0.15, -0.1) is 0 Å². The largest absolute Gasteiger partial charge is 0.446 e. The van der Waals surface area contributed by atoms with Crippen LogP contribution in [0.3, 0.4) is 0 Å². The summed E-state index contributed by atoms with van der Waals surface area (Å²) >= 11 is 6.22. The Bertz CT molecular complexity index is 1010. The molecule has 0 unspecified atom stereocenters. The molecule has 0 saturated carbocycles. The van der Waals surface area contributed by atoms with Crippen LogP contribution in [0.1, 0.15) is 11.1 Å². The highest BCUT2D eigenvalue weighted by Crippen LogP contribution is 2.26. The van der Waals surface area contributed by atoms with E-state index in [9.17, 15) is 13.2 Å². The predicted octanol–water partition coefficient (Wildman–Crippen LogP) is 5.46. The molecule has 0 saturated heterocycles. The lowest BCUT2D eigenvalue weighted by Gasteiger charge is -2.10. The molecule has 0 fully saturated rings. The molecule has 1 aromatic heterocycles. The maximum Gasteiger partial charge on any atom is 0.446 e. The summed E-state index contributed by atoms with van der Waals surface area (Å²) in [5, 5.41) is 7.00. The van der Waals surface area contributed by atoms with Gasteiger partial charge in [0.05, 0.1) is 6.20 Å². The molecule has 2 heterocycles. The van der Waals surface area contributed by atoms with E-state index in [2.05, 4.69) is 44.9 Å². The van der Waals surface area contributed by atoms with Crippen molar-refractivity contribution in [2.45, 2.75) is 19.0 Å². The van der Waals surface area contributed by atoms with E-state index in [-0.39, 0.29) is 0 Å². The molecule has 0 atom stereocenters. The molecule has 1 aliphatic heterocycles. The number of alkyl halides is 3. The number of hydrogen-bond donors (Lipinski definition) is 2. The van der Waals surface area contributed by atoms with Crippen molar-refractivity contribution in [2.75, 3.05) is 10.6 Å². The van der Waals surface area contributed by atoms with Crippen molar-refractivity contribution < 1.29 is 18.0 Å². The van der Waals surface area contributed by atoms with Crippen molar-refractivity contribution >= 4 is 41.0 Å². The summed E-state index contributed by atoms with van der Waals surface area (Å²) in [5.74, 6) is 1.11. The Kier molecular flexibility index (Phi) is 6.33. The van der Waals surface area contributed by atoms with E-state index in [1.165, 1.54) is 11.1 Å². The van der Waals surface area contributed by atoms with Gasteiger partial charge in [0.15, 0.2) is 5.82 Å². The average molecular weight is 421 g/mol. The lowest BCUT2D eigenvalue weighted by atomic mass is 10.0. The molecular weight excluding hydrogens is 405 g/mol. The summed E-state index contributed by atoms with van der Waals surface area (Å²) in [6, 6.07) is 16.6. The van der Waals surface area contributed by atoms with Gasteiger partial charge in [0.2, 0.25) is 12.2 Å². The van der Waals surface area contributed by atoms with Crippen LogP contribution in [0.25, 0.3) is 0 Å². The van der Waals surface area contributed by atoms with Crippen molar-refractivity contribution in [3.05, 3.63) is 70.9 Å². The van der Waals surface area contributed by atoms with Crippen LogP contribution in [0.4, 0.5) is 36.3 Å². The smallest absolute Gasteiger partial charge is 0.339 e. The summed E-state index contributed by atoms with van der Waals surface area (Å²) in [7, 11) is 0. The van der Waals surface area contributed by atoms with Gasteiger partial charge in [-0.1, -0.05) is 35.9 Å². The summed E-state index contributed by atoms with van der Waals surface area (Å²) in [6.45, 7) is 0. The van der Waals surface area contributed by atoms with Crippen molar-refractivity contribution in [2.24, 2.45) is 0 Å². The molecule has 3 aromatic rings. The third kappa shape index (κ3) is 6.18. The number of carbonyl (C=O) groups excluding carboxylic acids is 1. The minimum absolute atomic E-state index is 0.490. The molecule has 2 N–H and O–H groups in total. The highest BCUT2D eigenvalue weighted by atomic mass is 35.5. The standard InChI is InChI=1S/C18H15ClN4.C2HF3O/c19-16-11-20-18-22-15-6-2-4-13(10-15)8-7-12-3-1-5-14(9-12)21-17(16)23-18;3-2(4,5)1-6/h1-6,9-11H,7-8H2,(H2,20,21,22,23);1H. The van der Waals surface area contributed by atoms with Gasteiger partial charge >= 0.3 is 6.18 Å². The number of carbonyl (C=O) groups is 1. The van der Waals surface area contributed by atoms with Crippen molar-refractivity contribution in [3.8, 4) is 0 Å². The molecule has 4 rings (SSSR count). The molecule has 5 nitrogen and oxygen atoms in total. The van der Waals surface area contributed by atoms with Gasteiger partial charge in [-0.2, -0.15) is 18.2 Å². The number of hydrogen-bond acceptors (Lipinski definition) is 5. The molecule has 0 amide bonds. The number of aryl methyl sites for hydroxylation is 2. The Hall–Kier alpha value is -3.13. The van der Waals surface area contributed by atoms with Crippen LogP contribution >= 0.6 is 11.6 Å². The first kappa shape index (κ1) is 20.6. The van der Waals surface area contributed by atoms with E-state index in [0.717, 1.165) is 24.2 Å². The van der Waals surface area contributed by atoms with Crippen LogP contribution in [-0.2, 0) is 17.6 Å². The fourth-order valence-corrected chi connectivity index (χ4v) is 2.82. The number of rotatable bonds is 0. The van der Waals surface area contributed by atoms with E-state index in [0.29, 0.717) is 16.8 Å². The monoisotopic (exact) mass is 420 g/mol. The average Bonchev–Trinajstić information content (AvgIpc) is 2.69. The second-order valence-electron chi connectivity index (χ2n) is 6.20. The Balaban J connectivity index is 0.000000353. The normalized spacial score (nSPS) is 12.6. The molecule has 0 aliphatic carbocycles. The number of anilines is 4. The highest BCUT2D eigenvalue weighted by molar-refractivity contribution is 6.32. The number of aldehydes is 1. The number of nitrogens with zero attached hydrogens (tertiary/aromatic N) is 2. The minimum atomic E-state index is -4.64. The molecule has 0 radical (unpaired) electrons. The summed E-state index contributed by atoms with van der Waals surface area (Å²) in [6.07, 6.45) is -2.13. The first-order valence-electron chi connectivity index (χ1n) is 8.60. The van der Waals surface area contributed by atoms with Crippen LogP contribution in [0.5, 0.6) is 0 Å². The number of aromatic nitrogens is 2. The van der Waals surface area contributed by atoms with E-state index in [1.54, 1.807) is 6.20 Å². The molecule has 0 spiro atoms. The van der Waals surface area contributed by atoms with E-state index in [1.807, 2.05) is 24.3 Å². The molecule has 2 aromatic carbocycles. The fraction of sp³-hybridized carbons (Fsp3) is 0.150. The van der Waals surface area contributed by atoms with Gasteiger partial charge < -0.3 is 10.6 Å². The third-order valence-electron chi connectivity index (χ3n) is 3.95. The summed E-state index contributed by atoms with van der Waals surface area (Å²) < 4.78 is 31.2. The van der Waals surface area contributed by atoms with Crippen molar-refractivity contribution in [3.63, 3.8) is 0 Å². The molecular formula is C20H16ClF3N4O. The topological polar surface area (TPSA) is 66.9 Å². The van der Waals surface area contributed by atoms with Crippen LogP contribution in [0.2, 0.25) is 5.02 Å². The van der Waals surface area contributed by atoms with Crippen LogP contribution in [-0.4, -0.2) is 22.4 Å². The lowest BCUT2D eigenvalue weighted by Crippen LogP contribution is -2.07. The van der Waals surface area contributed by atoms with Crippen LogP contribution in [0.15, 0.2) is 54.7 Å². The van der Waals surface area contributed by atoms with E-state index in [4.69, 9.17) is 16.4 Å². The zero-order chi connectivity index (χ0) is 20.9. The highest BCUT2D eigenvalue weighted by Gasteiger charge is 2.24. The second kappa shape index (κ2) is 8.91. The maximum absolute atomic E-state index is 10.4. The Morgan fingerprint density at radius 1 is 0.966 bits per heavy atom. The Morgan fingerprint density at radius 3 is 2.07 bits per heavy atom. The molecule has 6 bridgehead atoms. The van der Waals surface area contributed by atoms with Gasteiger partial charge in [0, 0.05) is 11.4 Å². The number of benzene rings is 2. The van der Waals surface area contributed by atoms with Gasteiger partial charge in [0.1, 0.15) is 5.02 Å². The first-order valence-corrected chi connectivity index (χ1v) is 8.98. The van der Waals surface area contributed by atoms with Crippen molar-refractivity contribution in [1.82, 2.24) is 9.97 Å². The van der Waals surface area contributed by atoms with Gasteiger partial charge in [-0.05, 0) is 48.2 Å². The van der Waals surface area contributed by atoms with E-state index >= 15 is 0 Å². The Morgan fingerprint density at radius 2 is 1.52 bits per heavy atom. The number of halogens is 4. The van der Waals surface area contributed by atoms with Gasteiger partial charge in [-0.3, -0.25) is 4.79 Å². The quantitative estimate of drug-likeness (QED) is 0.472. The molecule has 1 aliphatic rings. The predicted molar refractivity (Wildman–Crippen MR) is 106 cm³/mol. The van der Waals surface area contributed by atoms with Crippen LogP contribution < -0.4 is 10.6 Å². The Labute approximate surface area is 170 Å². The van der Waals surface area contributed by atoms with Crippen LogP contribution in [0, 0.1) is 0 Å². The minimum Gasteiger partial charge on any atom is -0.339 e. The summed E-state index contributed by atoms with van der Waals surface area (Å²) in [5.41, 5.74) is 4.50. The zero-order valence-electron chi connectivity index (χ0n) is 15.0.